The second kappa shape index (κ2) is 4.21. The van der Waals surface area contributed by atoms with Gasteiger partial charge in [0.25, 0.3) is 0 Å². The normalized spacial score (nSPS) is 19.4. The number of aliphatic carboxylic acids is 1. The number of likely N-dealkylation sites (N-methyl/N-ethyl adjacent to an activating group) is 1. The number of carbonyl (C=O) groups is 2. The van der Waals surface area contributed by atoms with Crippen LogP contribution >= 0.6 is 0 Å². The van der Waals surface area contributed by atoms with Crippen molar-refractivity contribution in [3.8, 4) is 0 Å². The minimum absolute atomic E-state index is 0.164. The maximum Gasteiger partial charge on any atom is 0.329 e. The standard InChI is InChI=1S/C11H19NO3/c1-4-12(8(2)13)11(3,10(14)15)7-9-5-6-9/h9H,4-7H2,1-3H3,(H,14,15). The maximum atomic E-state index is 11.4. The van der Waals surface area contributed by atoms with Crippen LogP contribution in [0.5, 0.6) is 0 Å². The molecule has 1 atom stereocenters. The van der Waals surface area contributed by atoms with E-state index in [0.717, 1.165) is 12.8 Å². The molecule has 4 heteroatoms. The minimum atomic E-state index is -1.03. The summed E-state index contributed by atoms with van der Waals surface area (Å²) in [4.78, 5) is 24.1. The Morgan fingerprint density at radius 1 is 1.47 bits per heavy atom. The van der Waals surface area contributed by atoms with Gasteiger partial charge in [0.2, 0.25) is 5.91 Å². The lowest BCUT2D eigenvalue weighted by Gasteiger charge is -2.36. The van der Waals surface area contributed by atoms with Crippen LogP contribution in [0.2, 0.25) is 0 Å². The molecule has 0 spiro atoms. The Morgan fingerprint density at radius 2 is 2.00 bits per heavy atom. The van der Waals surface area contributed by atoms with E-state index in [1.54, 1.807) is 6.92 Å². The fourth-order valence-corrected chi connectivity index (χ4v) is 2.12. The first-order valence-corrected chi connectivity index (χ1v) is 5.43. The van der Waals surface area contributed by atoms with Crippen molar-refractivity contribution < 1.29 is 14.7 Å². The summed E-state index contributed by atoms with van der Waals surface area (Å²) >= 11 is 0. The molecule has 0 heterocycles. The van der Waals surface area contributed by atoms with E-state index in [4.69, 9.17) is 0 Å². The lowest BCUT2D eigenvalue weighted by molar-refractivity contribution is -0.158. The highest BCUT2D eigenvalue weighted by atomic mass is 16.4. The molecule has 15 heavy (non-hydrogen) atoms. The van der Waals surface area contributed by atoms with E-state index < -0.39 is 11.5 Å². The molecule has 0 aliphatic heterocycles. The van der Waals surface area contributed by atoms with E-state index in [2.05, 4.69) is 0 Å². The van der Waals surface area contributed by atoms with E-state index in [1.807, 2.05) is 6.92 Å². The van der Waals surface area contributed by atoms with Gasteiger partial charge in [0.15, 0.2) is 0 Å². The van der Waals surface area contributed by atoms with Crippen LogP contribution in [0.15, 0.2) is 0 Å². The van der Waals surface area contributed by atoms with Gasteiger partial charge in [-0.15, -0.1) is 0 Å². The maximum absolute atomic E-state index is 11.4. The Balaban J connectivity index is 2.85. The Morgan fingerprint density at radius 3 is 2.27 bits per heavy atom. The zero-order valence-corrected chi connectivity index (χ0v) is 9.62. The molecule has 1 aliphatic rings. The number of rotatable bonds is 5. The molecule has 86 valence electrons. The van der Waals surface area contributed by atoms with Crippen molar-refractivity contribution in [3.63, 3.8) is 0 Å². The average molecular weight is 213 g/mol. The third kappa shape index (κ3) is 2.49. The monoisotopic (exact) mass is 213 g/mol. The van der Waals surface area contributed by atoms with Gasteiger partial charge < -0.3 is 10.0 Å². The van der Waals surface area contributed by atoms with Gasteiger partial charge in [-0.25, -0.2) is 4.79 Å². The summed E-state index contributed by atoms with van der Waals surface area (Å²) in [5.74, 6) is -0.575. The van der Waals surface area contributed by atoms with Crippen LogP contribution in [0.3, 0.4) is 0 Å². The molecule has 0 saturated heterocycles. The molecule has 1 fully saturated rings. The molecule has 1 saturated carbocycles. The predicted molar refractivity (Wildman–Crippen MR) is 56.4 cm³/mol. The van der Waals surface area contributed by atoms with Crippen molar-refractivity contribution in [3.05, 3.63) is 0 Å². The average Bonchev–Trinajstić information content (AvgIpc) is 2.88. The third-order valence-corrected chi connectivity index (χ3v) is 3.14. The van der Waals surface area contributed by atoms with Crippen LogP contribution in [-0.4, -0.2) is 34.0 Å². The molecule has 0 aromatic carbocycles. The molecule has 0 radical (unpaired) electrons. The van der Waals surface area contributed by atoms with Crippen molar-refractivity contribution >= 4 is 11.9 Å². The number of nitrogens with zero attached hydrogens (tertiary/aromatic N) is 1. The zero-order valence-electron chi connectivity index (χ0n) is 9.62. The number of hydrogen-bond donors (Lipinski definition) is 1. The second-order valence-corrected chi connectivity index (χ2v) is 4.49. The van der Waals surface area contributed by atoms with Gasteiger partial charge in [0.05, 0.1) is 0 Å². The second-order valence-electron chi connectivity index (χ2n) is 4.49. The van der Waals surface area contributed by atoms with Crippen LogP contribution in [0.4, 0.5) is 0 Å². The molecule has 0 aromatic heterocycles. The van der Waals surface area contributed by atoms with Gasteiger partial charge in [0, 0.05) is 13.5 Å². The number of hydrogen-bond acceptors (Lipinski definition) is 2. The largest absolute Gasteiger partial charge is 0.480 e. The molecular weight excluding hydrogens is 194 g/mol. The third-order valence-electron chi connectivity index (χ3n) is 3.14. The molecule has 4 nitrogen and oxygen atoms in total. The Labute approximate surface area is 90.3 Å². The van der Waals surface area contributed by atoms with E-state index in [-0.39, 0.29) is 5.91 Å². The van der Waals surface area contributed by atoms with Gasteiger partial charge in [0.1, 0.15) is 5.54 Å². The van der Waals surface area contributed by atoms with E-state index in [0.29, 0.717) is 18.9 Å². The van der Waals surface area contributed by atoms with Gasteiger partial charge in [-0.1, -0.05) is 12.8 Å². The predicted octanol–water partition coefficient (Wildman–Crippen LogP) is 1.50. The Kier molecular flexibility index (Phi) is 3.37. The van der Waals surface area contributed by atoms with Gasteiger partial charge in [-0.2, -0.15) is 0 Å². The molecule has 0 aromatic rings. The van der Waals surface area contributed by atoms with Gasteiger partial charge >= 0.3 is 5.97 Å². The summed E-state index contributed by atoms with van der Waals surface area (Å²) in [6, 6.07) is 0. The lowest BCUT2D eigenvalue weighted by atomic mass is 9.92. The highest BCUT2D eigenvalue weighted by Gasteiger charge is 2.44. The molecular formula is C11H19NO3. The summed E-state index contributed by atoms with van der Waals surface area (Å²) in [5.41, 5.74) is -1.03. The fraction of sp³-hybridized carbons (Fsp3) is 0.818. The molecule has 1 aliphatic carbocycles. The van der Waals surface area contributed by atoms with Gasteiger partial charge in [-0.05, 0) is 26.2 Å². The summed E-state index contributed by atoms with van der Waals surface area (Å²) < 4.78 is 0. The van der Waals surface area contributed by atoms with Crippen LogP contribution in [0, 0.1) is 5.92 Å². The zero-order chi connectivity index (χ0) is 11.6. The number of carboxylic acids is 1. The molecule has 1 unspecified atom stereocenters. The first-order valence-electron chi connectivity index (χ1n) is 5.43. The quantitative estimate of drug-likeness (QED) is 0.753. The van der Waals surface area contributed by atoms with E-state index >= 15 is 0 Å². The van der Waals surface area contributed by atoms with Gasteiger partial charge in [-0.3, -0.25) is 4.79 Å². The highest BCUT2D eigenvalue weighted by Crippen LogP contribution is 2.39. The van der Waals surface area contributed by atoms with Crippen molar-refractivity contribution in [1.82, 2.24) is 4.90 Å². The number of carbonyl (C=O) groups excluding carboxylic acids is 1. The summed E-state index contributed by atoms with van der Waals surface area (Å²) in [6.07, 6.45) is 2.77. The first-order chi connectivity index (χ1) is 6.91. The SMILES string of the molecule is CCN(C(C)=O)C(C)(CC1CC1)C(=O)O. The number of carboxylic acid groups (broad SMARTS) is 1. The van der Waals surface area contributed by atoms with Crippen molar-refractivity contribution in [1.29, 1.82) is 0 Å². The smallest absolute Gasteiger partial charge is 0.329 e. The lowest BCUT2D eigenvalue weighted by Crippen LogP contribution is -2.54. The van der Waals surface area contributed by atoms with Crippen molar-refractivity contribution in [2.75, 3.05) is 6.54 Å². The van der Waals surface area contributed by atoms with Crippen LogP contribution in [-0.2, 0) is 9.59 Å². The fourth-order valence-electron chi connectivity index (χ4n) is 2.12. The minimum Gasteiger partial charge on any atom is -0.480 e. The molecule has 0 bridgehead atoms. The molecule has 1 rings (SSSR count). The van der Waals surface area contributed by atoms with Crippen molar-refractivity contribution in [2.24, 2.45) is 5.92 Å². The summed E-state index contributed by atoms with van der Waals surface area (Å²) in [7, 11) is 0. The van der Waals surface area contributed by atoms with Crippen molar-refractivity contribution in [2.45, 2.75) is 45.6 Å². The van der Waals surface area contributed by atoms with E-state index in [9.17, 15) is 14.7 Å². The Hall–Kier alpha value is -1.06. The highest BCUT2D eigenvalue weighted by molar-refractivity contribution is 5.85. The molecule has 1 amide bonds. The topological polar surface area (TPSA) is 57.6 Å². The number of amides is 1. The van der Waals surface area contributed by atoms with E-state index in [1.165, 1.54) is 11.8 Å². The van der Waals surface area contributed by atoms with Crippen LogP contribution in [0.25, 0.3) is 0 Å². The molecule has 1 N–H and O–H groups in total. The Bertz CT molecular complexity index is 273. The van der Waals surface area contributed by atoms with Crippen LogP contribution < -0.4 is 0 Å². The van der Waals surface area contributed by atoms with Crippen LogP contribution in [0.1, 0.15) is 40.0 Å². The summed E-state index contributed by atoms with van der Waals surface area (Å²) in [6.45, 7) is 5.34. The summed E-state index contributed by atoms with van der Waals surface area (Å²) in [5, 5.41) is 9.27. The first kappa shape index (κ1) is 12.0.